The van der Waals surface area contributed by atoms with Crippen molar-refractivity contribution in [2.75, 3.05) is 5.75 Å². The number of hydrogen-bond acceptors (Lipinski definition) is 2. The number of rotatable bonds is 6. The number of hydrogen-bond donors (Lipinski definition) is 0. The van der Waals surface area contributed by atoms with Crippen molar-refractivity contribution >= 4 is 51.9 Å². The van der Waals surface area contributed by atoms with E-state index in [1.807, 2.05) is 49.4 Å². The van der Waals surface area contributed by atoms with Crippen LogP contribution in [0, 0.1) is 0 Å². The molecule has 6 heteroatoms. The second-order valence-electron chi connectivity index (χ2n) is 4.30. The van der Waals surface area contributed by atoms with E-state index in [9.17, 15) is 9.00 Å². The van der Waals surface area contributed by atoms with E-state index in [1.54, 1.807) is 12.1 Å². The van der Waals surface area contributed by atoms with Crippen LogP contribution >= 0.6 is 15.9 Å². The summed E-state index contributed by atoms with van der Waals surface area (Å²) in [5.41, 5.74) is 0.628. The van der Waals surface area contributed by atoms with Gasteiger partial charge in [-0.25, -0.2) is 0 Å². The van der Waals surface area contributed by atoms with Gasteiger partial charge in [-0.15, -0.1) is 0 Å². The molecule has 118 valence electrons. The van der Waals surface area contributed by atoms with E-state index in [4.69, 9.17) is 0 Å². The zero-order valence-corrected chi connectivity index (χ0v) is 16.1. The van der Waals surface area contributed by atoms with Crippen molar-refractivity contribution in [3.63, 3.8) is 0 Å². The molecular weight excluding hydrogens is 431 g/mol. The summed E-state index contributed by atoms with van der Waals surface area (Å²) in [6.07, 6.45) is 0. The molecule has 0 bridgehead atoms. The maximum Gasteiger partial charge on any atom is -0.412 e. The van der Waals surface area contributed by atoms with Crippen LogP contribution in [0.15, 0.2) is 59.1 Å². The van der Waals surface area contributed by atoms with Crippen molar-refractivity contribution in [3.05, 3.63) is 64.6 Å². The second-order valence-corrected chi connectivity index (χ2v) is 10.2. The molecule has 2 atom stereocenters. The van der Waals surface area contributed by atoms with E-state index in [0.29, 0.717) is 11.3 Å². The molecule has 0 saturated carbocycles. The minimum atomic E-state index is -1.13. The predicted molar refractivity (Wildman–Crippen MR) is 96.4 cm³/mol. The summed E-state index contributed by atoms with van der Waals surface area (Å²) in [5.74, 6) is 0.480. The Bertz CT molecular complexity index is 632. The topological polar surface area (TPSA) is 65.6 Å². The number of carbonyl (C=O) groups is 1. The van der Waals surface area contributed by atoms with Gasteiger partial charge < -0.3 is 5.48 Å². The Kier molecular flexibility index (Phi) is 8.21. The van der Waals surface area contributed by atoms with E-state index >= 15 is 0 Å². The molecule has 0 spiro atoms. The molecule has 2 N–H and O–H groups in total. The second kappa shape index (κ2) is 9.38. The van der Waals surface area contributed by atoms with Crippen LogP contribution < -0.4 is 4.46 Å². The van der Waals surface area contributed by atoms with Gasteiger partial charge in [0.05, 0.1) is 0 Å². The zero-order valence-electron chi connectivity index (χ0n) is 12.0. The number of carbonyl (C=O) groups excluding carboxylic acids is 1. The molecule has 0 radical (unpaired) electrons. The first-order valence-electron chi connectivity index (χ1n) is 6.50. The molecule has 0 fully saturated rings. The fraction of sp³-hybridized carbons (Fsp3) is 0.188. The van der Waals surface area contributed by atoms with Gasteiger partial charge >= 0.3 is 142 Å². The summed E-state index contributed by atoms with van der Waals surface area (Å²) in [6, 6.07) is 17.1. The summed E-state index contributed by atoms with van der Waals surface area (Å²) in [4.78, 5) is 12.7. The van der Waals surface area contributed by atoms with Crippen LogP contribution in [0.4, 0.5) is 0 Å². The van der Waals surface area contributed by atoms with Gasteiger partial charge in [0.1, 0.15) is 0 Å². The molecular formula is C16H17BrO3SSe. The first-order chi connectivity index (χ1) is 10.1. The zero-order chi connectivity index (χ0) is 15.2. The summed E-state index contributed by atoms with van der Waals surface area (Å²) < 4.78 is 13.9. The van der Waals surface area contributed by atoms with Crippen molar-refractivity contribution < 1.29 is 14.5 Å². The van der Waals surface area contributed by atoms with Crippen molar-refractivity contribution in [1.82, 2.24) is 0 Å². The van der Waals surface area contributed by atoms with Crippen molar-refractivity contribution in [3.8, 4) is 0 Å². The molecule has 2 rings (SSSR count). The fourth-order valence-electron chi connectivity index (χ4n) is 1.75. The van der Waals surface area contributed by atoms with Crippen molar-refractivity contribution in [2.45, 2.75) is 11.1 Å². The van der Waals surface area contributed by atoms with Crippen molar-refractivity contribution in [1.29, 1.82) is 0 Å². The number of Topliss-reactive ketones (excluding diaryl/α,β-unsaturated/α-hetero) is 1. The first kappa shape index (κ1) is 19.3. The van der Waals surface area contributed by atoms with E-state index < -0.39 is 14.9 Å². The van der Waals surface area contributed by atoms with Gasteiger partial charge in [0, 0.05) is 0 Å². The van der Waals surface area contributed by atoms with E-state index in [0.717, 1.165) is 8.93 Å². The minimum absolute atomic E-state index is 0. The SMILES string of the molecule is CC[S@@](=O)[C@@H]([Se]c1ccccc1)C(=O)c1ccc(Br)cc1.O. The van der Waals surface area contributed by atoms with E-state index in [-0.39, 0.29) is 26.2 Å². The maximum absolute atomic E-state index is 12.7. The van der Waals surface area contributed by atoms with Crippen LogP contribution in [-0.2, 0) is 10.8 Å². The molecule has 0 aromatic heterocycles. The van der Waals surface area contributed by atoms with E-state index in [2.05, 4.69) is 15.9 Å². The molecule has 2 aromatic rings. The summed E-state index contributed by atoms with van der Waals surface area (Å²) >= 11 is 3.23. The van der Waals surface area contributed by atoms with E-state index in [1.165, 1.54) is 0 Å². The maximum atomic E-state index is 12.7. The third-order valence-electron chi connectivity index (χ3n) is 2.85. The number of halogens is 1. The smallest absolute Gasteiger partial charge is 0.412 e. The Hall–Kier alpha value is -0.781. The Labute approximate surface area is 147 Å². The van der Waals surface area contributed by atoms with Gasteiger partial charge in [0.15, 0.2) is 0 Å². The number of ketones is 1. The molecule has 0 amide bonds. The van der Waals surface area contributed by atoms with Crippen molar-refractivity contribution in [2.24, 2.45) is 0 Å². The molecule has 2 aromatic carbocycles. The molecule has 3 nitrogen and oxygen atoms in total. The average molecular weight is 448 g/mol. The van der Waals surface area contributed by atoms with Crippen LogP contribution in [0.2, 0.25) is 0 Å². The molecule has 0 saturated heterocycles. The largest absolute Gasteiger partial charge is 0.412 e. The van der Waals surface area contributed by atoms with Crippen LogP contribution in [0.5, 0.6) is 0 Å². The van der Waals surface area contributed by atoms with Crippen LogP contribution in [0.25, 0.3) is 0 Å². The fourth-order valence-corrected chi connectivity index (χ4v) is 6.60. The normalized spacial score (nSPS) is 13.0. The van der Waals surface area contributed by atoms with Crippen LogP contribution in [-0.4, -0.2) is 40.3 Å². The van der Waals surface area contributed by atoms with Gasteiger partial charge in [-0.2, -0.15) is 0 Å². The van der Waals surface area contributed by atoms with Crippen LogP contribution in [0.3, 0.4) is 0 Å². The summed E-state index contributed by atoms with van der Waals surface area (Å²) in [5, 5.41) is 0. The Morgan fingerprint density at radius 3 is 2.27 bits per heavy atom. The van der Waals surface area contributed by atoms with Gasteiger partial charge in [0.2, 0.25) is 0 Å². The molecule has 22 heavy (non-hydrogen) atoms. The van der Waals surface area contributed by atoms with Gasteiger partial charge in [0.25, 0.3) is 0 Å². The Morgan fingerprint density at radius 1 is 1.14 bits per heavy atom. The van der Waals surface area contributed by atoms with Crippen LogP contribution in [0.1, 0.15) is 17.3 Å². The third-order valence-corrected chi connectivity index (χ3v) is 8.53. The average Bonchev–Trinajstić information content (AvgIpc) is 2.53. The third kappa shape index (κ3) is 5.14. The summed E-state index contributed by atoms with van der Waals surface area (Å²) in [6.45, 7) is 1.86. The quantitative estimate of drug-likeness (QED) is 0.501. The molecule has 0 heterocycles. The molecule has 0 aliphatic heterocycles. The standard InChI is InChI=1S/C16H15BrO2SSe.H2O/c1-2-20(19)16(21-14-6-4-3-5-7-14)15(18)12-8-10-13(17)11-9-12;/h3-11,16H,2H2,1H3;1H2/t16-,20+;/m0./s1. The predicted octanol–water partition coefficient (Wildman–Crippen LogP) is 1.93. The molecule has 0 aliphatic carbocycles. The first-order valence-corrected chi connectivity index (χ1v) is 10.5. The molecule has 0 unspecified atom stereocenters. The minimum Gasteiger partial charge on any atom is -0.412 e. The monoisotopic (exact) mass is 448 g/mol. The Balaban J connectivity index is 0.00000242. The number of benzene rings is 2. The molecule has 0 aliphatic rings. The van der Waals surface area contributed by atoms with Gasteiger partial charge in [-0.1, -0.05) is 0 Å². The van der Waals surface area contributed by atoms with Gasteiger partial charge in [-0.05, 0) is 0 Å². The van der Waals surface area contributed by atoms with Gasteiger partial charge in [-0.3, -0.25) is 0 Å². The summed E-state index contributed by atoms with van der Waals surface area (Å²) in [7, 11) is -1.13. The Morgan fingerprint density at radius 2 is 1.73 bits per heavy atom.